The molecular formula is C24H16Cl3N3OS. The molecule has 5 rings (SSSR count). The summed E-state index contributed by atoms with van der Waals surface area (Å²) in [6, 6.07) is 22.2. The summed E-state index contributed by atoms with van der Waals surface area (Å²) in [5.74, 6) is 1.43. The molecule has 0 bridgehead atoms. The third kappa shape index (κ3) is 3.97. The quantitative estimate of drug-likeness (QED) is 0.294. The van der Waals surface area contributed by atoms with Gasteiger partial charge in [-0.15, -0.1) is 0 Å². The predicted octanol–water partition coefficient (Wildman–Crippen LogP) is 7.48. The molecule has 32 heavy (non-hydrogen) atoms. The van der Waals surface area contributed by atoms with Crippen LogP contribution in [0.4, 0.5) is 5.69 Å². The zero-order valence-electron chi connectivity index (χ0n) is 16.5. The van der Waals surface area contributed by atoms with Gasteiger partial charge in [-0.05, 0) is 78.9 Å². The minimum Gasteiger partial charge on any atom is -0.459 e. The molecule has 2 aromatic carbocycles. The minimum atomic E-state index is -0.255. The van der Waals surface area contributed by atoms with Crippen molar-refractivity contribution in [2.24, 2.45) is 0 Å². The number of hydrogen-bond donors (Lipinski definition) is 1. The maximum absolute atomic E-state index is 6.33. The van der Waals surface area contributed by atoms with Gasteiger partial charge in [-0.3, -0.25) is 4.98 Å². The van der Waals surface area contributed by atoms with E-state index in [1.807, 2.05) is 65.6 Å². The molecule has 1 fully saturated rings. The van der Waals surface area contributed by atoms with Crippen molar-refractivity contribution < 1.29 is 4.42 Å². The van der Waals surface area contributed by atoms with E-state index in [1.54, 1.807) is 18.3 Å². The highest BCUT2D eigenvalue weighted by molar-refractivity contribution is 7.80. The Morgan fingerprint density at radius 3 is 2.44 bits per heavy atom. The Labute approximate surface area is 205 Å². The van der Waals surface area contributed by atoms with Crippen molar-refractivity contribution in [1.29, 1.82) is 0 Å². The average Bonchev–Trinajstić information content (AvgIpc) is 3.41. The van der Waals surface area contributed by atoms with E-state index in [4.69, 9.17) is 51.4 Å². The van der Waals surface area contributed by atoms with E-state index in [-0.39, 0.29) is 12.1 Å². The first-order valence-corrected chi connectivity index (χ1v) is 11.4. The normalized spacial score (nSPS) is 18.1. The summed E-state index contributed by atoms with van der Waals surface area (Å²) in [6.45, 7) is 0. The zero-order valence-corrected chi connectivity index (χ0v) is 19.6. The lowest BCUT2D eigenvalue weighted by Gasteiger charge is -2.26. The molecule has 1 saturated heterocycles. The van der Waals surface area contributed by atoms with Crippen LogP contribution in [0.2, 0.25) is 15.1 Å². The van der Waals surface area contributed by atoms with Crippen LogP contribution in [0.1, 0.15) is 23.5 Å². The van der Waals surface area contributed by atoms with Crippen LogP contribution >= 0.6 is 47.0 Å². The molecule has 0 unspecified atom stereocenters. The van der Waals surface area contributed by atoms with Gasteiger partial charge in [0.2, 0.25) is 0 Å². The van der Waals surface area contributed by atoms with Gasteiger partial charge in [-0.2, -0.15) is 0 Å². The Bertz CT molecular complexity index is 1280. The second kappa shape index (κ2) is 8.75. The van der Waals surface area contributed by atoms with Crippen LogP contribution in [-0.4, -0.2) is 10.1 Å². The molecule has 4 nitrogen and oxygen atoms in total. The molecule has 3 heterocycles. The number of aromatic nitrogens is 1. The first-order valence-electron chi connectivity index (χ1n) is 9.82. The van der Waals surface area contributed by atoms with Crippen molar-refractivity contribution in [3.05, 3.63) is 106 Å². The smallest absolute Gasteiger partial charge is 0.174 e. The van der Waals surface area contributed by atoms with Crippen LogP contribution in [0.3, 0.4) is 0 Å². The molecule has 0 radical (unpaired) electrons. The maximum atomic E-state index is 6.33. The van der Waals surface area contributed by atoms with Crippen LogP contribution in [0.5, 0.6) is 0 Å². The SMILES string of the molecule is S=C1N[C@H](c2ccccn2)[C@H](c2ccc(-c3ccc(Cl)c(Cl)c3)o2)N1c1ccc(Cl)cc1. The Balaban J connectivity index is 1.59. The molecule has 1 aliphatic heterocycles. The second-order valence-corrected chi connectivity index (χ2v) is 8.94. The fraction of sp³-hybridized carbons (Fsp3) is 0.0833. The van der Waals surface area contributed by atoms with Crippen molar-refractivity contribution >= 4 is 57.8 Å². The van der Waals surface area contributed by atoms with Gasteiger partial charge in [-0.25, -0.2) is 0 Å². The monoisotopic (exact) mass is 499 g/mol. The lowest BCUT2D eigenvalue weighted by Crippen LogP contribution is -2.29. The first kappa shape index (κ1) is 21.3. The number of hydrogen-bond acceptors (Lipinski definition) is 3. The van der Waals surface area contributed by atoms with Crippen LogP contribution in [0.15, 0.2) is 83.4 Å². The fourth-order valence-corrected chi connectivity index (χ4v) is 4.61. The fourth-order valence-electron chi connectivity index (χ4n) is 3.84. The van der Waals surface area contributed by atoms with Crippen molar-refractivity contribution in [3.63, 3.8) is 0 Å². The second-order valence-electron chi connectivity index (χ2n) is 7.30. The lowest BCUT2D eigenvalue weighted by molar-refractivity contribution is 0.439. The third-order valence-electron chi connectivity index (χ3n) is 5.33. The molecule has 1 aliphatic rings. The Kier molecular flexibility index (Phi) is 5.82. The van der Waals surface area contributed by atoms with Crippen molar-refractivity contribution in [2.75, 3.05) is 4.90 Å². The number of thiocarbonyl (C=S) groups is 1. The van der Waals surface area contributed by atoms with E-state index in [0.717, 1.165) is 22.7 Å². The van der Waals surface area contributed by atoms with Crippen LogP contribution in [0, 0.1) is 0 Å². The zero-order chi connectivity index (χ0) is 22.2. The molecule has 0 amide bonds. The molecule has 2 aromatic heterocycles. The van der Waals surface area contributed by atoms with Gasteiger partial charge >= 0.3 is 0 Å². The summed E-state index contributed by atoms with van der Waals surface area (Å²) in [5, 5.41) is 5.62. The largest absolute Gasteiger partial charge is 0.459 e. The molecule has 0 spiro atoms. The van der Waals surface area contributed by atoms with Gasteiger partial charge in [-0.1, -0.05) is 40.9 Å². The maximum Gasteiger partial charge on any atom is 0.174 e. The van der Waals surface area contributed by atoms with Crippen LogP contribution in [0.25, 0.3) is 11.3 Å². The summed E-state index contributed by atoms with van der Waals surface area (Å²) in [6.07, 6.45) is 1.77. The molecule has 4 aromatic rings. The first-order chi connectivity index (χ1) is 15.5. The number of nitrogens with zero attached hydrogens (tertiary/aromatic N) is 2. The van der Waals surface area contributed by atoms with E-state index in [2.05, 4.69) is 10.3 Å². The number of benzene rings is 2. The van der Waals surface area contributed by atoms with E-state index in [9.17, 15) is 0 Å². The summed E-state index contributed by atoms with van der Waals surface area (Å²) in [4.78, 5) is 6.59. The summed E-state index contributed by atoms with van der Waals surface area (Å²) in [7, 11) is 0. The number of nitrogens with one attached hydrogen (secondary N) is 1. The van der Waals surface area contributed by atoms with Gasteiger partial charge in [0.1, 0.15) is 17.6 Å². The summed E-state index contributed by atoms with van der Waals surface area (Å²) >= 11 is 24.1. The Morgan fingerprint density at radius 1 is 0.906 bits per heavy atom. The van der Waals surface area contributed by atoms with Crippen LogP contribution < -0.4 is 10.2 Å². The summed E-state index contributed by atoms with van der Waals surface area (Å²) < 4.78 is 6.33. The van der Waals surface area contributed by atoms with Gasteiger partial charge < -0.3 is 14.6 Å². The lowest BCUT2D eigenvalue weighted by atomic mass is 10.0. The van der Waals surface area contributed by atoms with E-state index < -0.39 is 0 Å². The molecule has 0 aliphatic carbocycles. The van der Waals surface area contributed by atoms with E-state index in [1.165, 1.54) is 0 Å². The highest BCUT2D eigenvalue weighted by Gasteiger charge is 2.42. The topological polar surface area (TPSA) is 41.3 Å². The van der Waals surface area contributed by atoms with Gasteiger partial charge in [0.15, 0.2) is 5.11 Å². The standard InChI is InChI=1S/C24H16Cl3N3OS/c25-15-5-7-16(8-6-15)30-23(22(29-24(30)32)19-3-1-2-12-28-19)21-11-10-20(31-21)14-4-9-17(26)18(27)13-14/h1-13,22-23H,(H,29,32)/t22-,23+/m1/s1. The number of pyridine rings is 1. The number of anilines is 1. The number of rotatable bonds is 4. The van der Waals surface area contributed by atoms with Crippen molar-refractivity contribution in [2.45, 2.75) is 12.1 Å². The van der Waals surface area contributed by atoms with Crippen LogP contribution in [-0.2, 0) is 0 Å². The van der Waals surface area contributed by atoms with Gasteiger partial charge in [0.25, 0.3) is 0 Å². The van der Waals surface area contributed by atoms with E-state index in [0.29, 0.717) is 25.9 Å². The third-order valence-corrected chi connectivity index (χ3v) is 6.63. The van der Waals surface area contributed by atoms with Gasteiger partial charge in [0, 0.05) is 22.5 Å². The highest BCUT2D eigenvalue weighted by atomic mass is 35.5. The summed E-state index contributed by atoms with van der Waals surface area (Å²) in [5.41, 5.74) is 2.61. The Hall–Kier alpha value is -2.57. The number of halogens is 3. The van der Waals surface area contributed by atoms with Crippen molar-refractivity contribution in [1.82, 2.24) is 10.3 Å². The van der Waals surface area contributed by atoms with Gasteiger partial charge in [0.05, 0.1) is 21.8 Å². The number of furan rings is 1. The van der Waals surface area contributed by atoms with Crippen molar-refractivity contribution in [3.8, 4) is 11.3 Å². The molecule has 2 atom stereocenters. The highest BCUT2D eigenvalue weighted by Crippen LogP contribution is 2.43. The van der Waals surface area contributed by atoms with E-state index >= 15 is 0 Å². The predicted molar refractivity (Wildman–Crippen MR) is 134 cm³/mol. The molecular weight excluding hydrogens is 485 g/mol. The molecule has 0 saturated carbocycles. The molecule has 160 valence electrons. The Morgan fingerprint density at radius 2 is 1.72 bits per heavy atom. The average molecular weight is 501 g/mol. The molecule has 8 heteroatoms. The minimum absolute atomic E-state index is 0.202. The molecule has 1 N–H and O–H groups in total.